The average molecular weight is 186 g/mol. The van der Waals surface area contributed by atoms with Crippen LogP contribution in [0.25, 0.3) is 0 Å². The zero-order valence-corrected chi connectivity index (χ0v) is 8.59. The van der Waals surface area contributed by atoms with Crippen molar-refractivity contribution >= 4 is 5.97 Å². The predicted molar refractivity (Wildman–Crippen MR) is 49.6 cm³/mol. The molecule has 0 bridgehead atoms. The molecule has 0 heterocycles. The number of rotatable bonds is 3. The standard InChI is InChI=1S/C10H18O3/c1-9(2)4-5-10(3,7-9)13-6-8(11)12/h4-7H2,1-3H3,(H,11,12). The summed E-state index contributed by atoms with van der Waals surface area (Å²) in [5.74, 6) is -0.883. The Morgan fingerprint density at radius 2 is 2.00 bits per heavy atom. The van der Waals surface area contributed by atoms with E-state index in [0.717, 1.165) is 19.3 Å². The fourth-order valence-corrected chi connectivity index (χ4v) is 2.15. The van der Waals surface area contributed by atoms with Gasteiger partial charge in [0.1, 0.15) is 6.61 Å². The summed E-state index contributed by atoms with van der Waals surface area (Å²) in [4.78, 5) is 10.3. The third-order valence-electron chi connectivity index (χ3n) is 2.73. The molecule has 0 aromatic heterocycles. The van der Waals surface area contributed by atoms with Crippen LogP contribution in [0.2, 0.25) is 0 Å². The fraction of sp³-hybridized carbons (Fsp3) is 0.900. The third kappa shape index (κ3) is 2.99. The van der Waals surface area contributed by atoms with E-state index in [9.17, 15) is 4.79 Å². The molecule has 1 aliphatic carbocycles. The number of carboxylic acid groups (broad SMARTS) is 1. The zero-order valence-electron chi connectivity index (χ0n) is 8.59. The molecule has 1 unspecified atom stereocenters. The van der Waals surface area contributed by atoms with E-state index in [1.54, 1.807) is 0 Å². The van der Waals surface area contributed by atoms with Crippen LogP contribution in [0.15, 0.2) is 0 Å². The van der Waals surface area contributed by atoms with Crippen molar-refractivity contribution in [3.8, 4) is 0 Å². The molecule has 0 saturated heterocycles. The van der Waals surface area contributed by atoms with Gasteiger partial charge in [0.2, 0.25) is 0 Å². The maximum absolute atomic E-state index is 10.3. The lowest BCUT2D eigenvalue weighted by molar-refractivity contribution is -0.149. The molecule has 0 aliphatic heterocycles. The molecular weight excluding hydrogens is 168 g/mol. The lowest BCUT2D eigenvalue weighted by Gasteiger charge is -2.26. The molecule has 3 nitrogen and oxygen atoms in total. The van der Waals surface area contributed by atoms with Crippen molar-refractivity contribution in [3.63, 3.8) is 0 Å². The Kier molecular flexibility index (Phi) is 2.66. The lowest BCUT2D eigenvalue weighted by atomic mass is 9.90. The van der Waals surface area contributed by atoms with Crippen molar-refractivity contribution in [2.45, 2.75) is 45.6 Å². The molecule has 0 aromatic carbocycles. The van der Waals surface area contributed by atoms with Gasteiger partial charge in [-0.1, -0.05) is 13.8 Å². The minimum atomic E-state index is -0.883. The molecule has 1 saturated carbocycles. The molecule has 13 heavy (non-hydrogen) atoms. The molecule has 1 fully saturated rings. The summed E-state index contributed by atoms with van der Waals surface area (Å²) >= 11 is 0. The van der Waals surface area contributed by atoms with Crippen molar-refractivity contribution in [3.05, 3.63) is 0 Å². The topological polar surface area (TPSA) is 46.5 Å². The van der Waals surface area contributed by atoms with E-state index in [1.807, 2.05) is 6.92 Å². The monoisotopic (exact) mass is 186 g/mol. The van der Waals surface area contributed by atoms with E-state index >= 15 is 0 Å². The van der Waals surface area contributed by atoms with E-state index < -0.39 is 5.97 Å². The van der Waals surface area contributed by atoms with Gasteiger partial charge in [-0.15, -0.1) is 0 Å². The summed E-state index contributed by atoms with van der Waals surface area (Å²) < 4.78 is 5.39. The quantitative estimate of drug-likeness (QED) is 0.733. The van der Waals surface area contributed by atoms with E-state index in [2.05, 4.69) is 13.8 Å². The summed E-state index contributed by atoms with van der Waals surface area (Å²) in [6, 6.07) is 0. The van der Waals surface area contributed by atoms with Crippen LogP contribution in [0.1, 0.15) is 40.0 Å². The Morgan fingerprint density at radius 1 is 1.38 bits per heavy atom. The number of hydrogen-bond donors (Lipinski definition) is 1. The number of carbonyl (C=O) groups is 1. The van der Waals surface area contributed by atoms with Gasteiger partial charge in [0.05, 0.1) is 5.60 Å². The molecule has 1 rings (SSSR count). The largest absolute Gasteiger partial charge is 0.480 e. The van der Waals surface area contributed by atoms with Crippen molar-refractivity contribution in [1.82, 2.24) is 0 Å². The Balaban J connectivity index is 2.45. The third-order valence-corrected chi connectivity index (χ3v) is 2.73. The normalized spacial score (nSPS) is 31.9. The fourth-order valence-electron chi connectivity index (χ4n) is 2.15. The van der Waals surface area contributed by atoms with Gasteiger partial charge in [0.15, 0.2) is 0 Å². The van der Waals surface area contributed by atoms with Crippen LogP contribution in [0.3, 0.4) is 0 Å². The Bertz CT molecular complexity index is 210. The van der Waals surface area contributed by atoms with Crippen LogP contribution in [-0.2, 0) is 9.53 Å². The molecule has 1 N–H and O–H groups in total. The van der Waals surface area contributed by atoms with Crippen LogP contribution in [0.5, 0.6) is 0 Å². The number of carboxylic acids is 1. The van der Waals surface area contributed by atoms with Crippen LogP contribution < -0.4 is 0 Å². The first-order valence-corrected chi connectivity index (χ1v) is 4.69. The van der Waals surface area contributed by atoms with Gasteiger partial charge in [-0.3, -0.25) is 0 Å². The smallest absolute Gasteiger partial charge is 0.329 e. The lowest BCUT2D eigenvalue weighted by Crippen LogP contribution is -2.29. The van der Waals surface area contributed by atoms with Crippen molar-refractivity contribution in [1.29, 1.82) is 0 Å². The highest BCUT2D eigenvalue weighted by molar-refractivity contribution is 5.68. The van der Waals surface area contributed by atoms with Gasteiger partial charge in [-0.2, -0.15) is 0 Å². The average Bonchev–Trinajstić information content (AvgIpc) is 2.23. The van der Waals surface area contributed by atoms with Crippen molar-refractivity contribution < 1.29 is 14.6 Å². The molecule has 0 spiro atoms. The maximum Gasteiger partial charge on any atom is 0.329 e. The molecule has 3 heteroatoms. The minimum Gasteiger partial charge on any atom is -0.480 e. The first kappa shape index (κ1) is 10.5. The summed E-state index contributed by atoms with van der Waals surface area (Å²) in [6.45, 7) is 6.22. The molecule has 0 radical (unpaired) electrons. The Morgan fingerprint density at radius 3 is 2.38 bits per heavy atom. The van der Waals surface area contributed by atoms with E-state index in [1.165, 1.54) is 0 Å². The summed E-state index contributed by atoms with van der Waals surface area (Å²) in [5, 5.41) is 8.49. The van der Waals surface area contributed by atoms with E-state index in [0.29, 0.717) is 5.41 Å². The minimum absolute atomic E-state index is 0.174. The highest BCUT2D eigenvalue weighted by atomic mass is 16.5. The van der Waals surface area contributed by atoms with Crippen LogP contribution in [-0.4, -0.2) is 23.3 Å². The maximum atomic E-state index is 10.3. The molecule has 0 aromatic rings. The van der Waals surface area contributed by atoms with Crippen LogP contribution in [0, 0.1) is 5.41 Å². The summed E-state index contributed by atoms with van der Waals surface area (Å²) in [5.41, 5.74) is 0.0785. The van der Waals surface area contributed by atoms with Crippen LogP contribution in [0.4, 0.5) is 0 Å². The molecule has 0 amide bonds. The molecule has 1 atom stereocenters. The van der Waals surface area contributed by atoms with Crippen molar-refractivity contribution in [2.24, 2.45) is 5.41 Å². The first-order valence-electron chi connectivity index (χ1n) is 4.69. The Hall–Kier alpha value is -0.570. The molecule has 1 aliphatic rings. The van der Waals surface area contributed by atoms with Crippen LogP contribution >= 0.6 is 0 Å². The van der Waals surface area contributed by atoms with Gasteiger partial charge in [-0.05, 0) is 31.6 Å². The van der Waals surface area contributed by atoms with Gasteiger partial charge in [0.25, 0.3) is 0 Å². The highest BCUT2D eigenvalue weighted by Crippen LogP contribution is 2.45. The SMILES string of the molecule is CC1(C)CCC(C)(OCC(=O)O)C1. The van der Waals surface area contributed by atoms with Crippen molar-refractivity contribution in [2.75, 3.05) is 6.61 Å². The van der Waals surface area contributed by atoms with Gasteiger partial charge < -0.3 is 9.84 Å². The summed E-state index contributed by atoms with van der Waals surface area (Å²) in [7, 11) is 0. The van der Waals surface area contributed by atoms with Gasteiger partial charge >= 0.3 is 5.97 Å². The van der Waals surface area contributed by atoms with Gasteiger partial charge in [-0.25, -0.2) is 4.79 Å². The number of hydrogen-bond acceptors (Lipinski definition) is 2. The molecular formula is C10H18O3. The second-order valence-electron chi connectivity index (χ2n) is 4.97. The van der Waals surface area contributed by atoms with Gasteiger partial charge in [0, 0.05) is 0 Å². The predicted octanol–water partition coefficient (Wildman–Crippen LogP) is 2.06. The number of aliphatic carboxylic acids is 1. The first-order chi connectivity index (χ1) is 5.83. The number of ether oxygens (including phenoxy) is 1. The second-order valence-corrected chi connectivity index (χ2v) is 4.97. The Labute approximate surface area is 79.1 Å². The highest BCUT2D eigenvalue weighted by Gasteiger charge is 2.40. The second kappa shape index (κ2) is 3.29. The zero-order chi connectivity index (χ0) is 10.1. The molecule has 76 valence electrons. The summed E-state index contributed by atoms with van der Waals surface area (Å²) in [6.07, 6.45) is 3.03. The van der Waals surface area contributed by atoms with E-state index in [4.69, 9.17) is 9.84 Å². The van der Waals surface area contributed by atoms with E-state index in [-0.39, 0.29) is 12.2 Å².